The number of halogens is 3. The molecule has 4 nitrogen and oxygen atoms in total. The molecule has 1 heterocycles. The van der Waals surface area contributed by atoms with Crippen LogP contribution in [0.25, 0.3) is 0 Å². The van der Waals surface area contributed by atoms with E-state index in [1.165, 1.54) is 4.90 Å². The molecule has 1 aliphatic heterocycles. The maximum atomic E-state index is 12.9. The van der Waals surface area contributed by atoms with Gasteiger partial charge in [0.2, 0.25) is 0 Å². The van der Waals surface area contributed by atoms with E-state index in [1.807, 2.05) is 35.2 Å². The Hall–Kier alpha value is -2.25. The number of aliphatic hydroxyl groups excluding tert-OH is 2. The van der Waals surface area contributed by atoms with Crippen molar-refractivity contribution in [2.24, 2.45) is 0 Å². The van der Waals surface area contributed by atoms with E-state index in [-0.39, 0.29) is 6.54 Å². The molecule has 1 aliphatic rings. The number of rotatable bonds is 5. The minimum Gasteiger partial charge on any atom is -0.394 e. The Balaban J connectivity index is 1.99. The Morgan fingerprint density at radius 2 is 1.54 bits per heavy atom. The summed E-state index contributed by atoms with van der Waals surface area (Å²) >= 11 is 0. The second-order valence-electron chi connectivity index (χ2n) is 6.32. The molecule has 0 amide bonds. The van der Waals surface area contributed by atoms with Gasteiger partial charge in [-0.15, -0.1) is 0 Å². The van der Waals surface area contributed by atoms with Crippen LogP contribution >= 0.6 is 0 Å². The fraction of sp³-hybridized carbons (Fsp3) is 0.368. The van der Waals surface area contributed by atoms with Crippen molar-refractivity contribution in [3.63, 3.8) is 0 Å². The molecule has 2 aromatic rings. The van der Waals surface area contributed by atoms with Crippen LogP contribution in [0.15, 0.2) is 54.6 Å². The molecule has 0 spiro atoms. The van der Waals surface area contributed by atoms with Crippen molar-refractivity contribution in [1.29, 1.82) is 0 Å². The lowest BCUT2D eigenvalue weighted by Crippen LogP contribution is -2.48. The van der Waals surface area contributed by atoms with E-state index in [0.717, 1.165) is 5.56 Å². The van der Waals surface area contributed by atoms with Crippen molar-refractivity contribution in [2.75, 3.05) is 36.0 Å². The van der Waals surface area contributed by atoms with E-state index >= 15 is 0 Å². The molecule has 0 aliphatic carbocycles. The normalized spacial score (nSPS) is 17.0. The highest BCUT2D eigenvalue weighted by atomic mass is 19.4. The van der Waals surface area contributed by atoms with Gasteiger partial charge in [-0.25, -0.2) is 0 Å². The van der Waals surface area contributed by atoms with Gasteiger partial charge < -0.3 is 20.0 Å². The molecule has 0 fully saturated rings. The Kier molecular flexibility index (Phi) is 5.38. The fourth-order valence-electron chi connectivity index (χ4n) is 3.47. The van der Waals surface area contributed by atoms with Crippen molar-refractivity contribution in [3.05, 3.63) is 60.2 Å². The summed E-state index contributed by atoms with van der Waals surface area (Å²) < 4.78 is 38.7. The highest BCUT2D eigenvalue weighted by Crippen LogP contribution is 2.40. The van der Waals surface area contributed by atoms with Crippen LogP contribution in [0.4, 0.5) is 24.5 Å². The van der Waals surface area contributed by atoms with E-state index in [2.05, 4.69) is 0 Å². The number of hydrogen-bond acceptors (Lipinski definition) is 4. The summed E-state index contributed by atoms with van der Waals surface area (Å²) in [4.78, 5) is 3.18. The first kappa shape index (κ1) is 18.5. The first-order valence-corrected chi connectivity index (χ1v) is 8.42. The van der Waals surface area contributed by atoms with Crippen LogP contribution < -0.4 is 9.80 Å². The van der Waals surface area contributed by atoms with Crippen molar-refractivity contribution in [3.8, 4) is 0 Å². The maximum Gasteiger partial charge on any atom is 0.405 e. The van der Waals surface area contributed by atoms with Gasteiger partial charge in [0, 0.05) is 13.1 Å². The van der Waals surface area contributed by atoms with E-state index in [9.17, 15) is 23.4 Å². The van der Waals surface area contributed by atoms with Gasteiger partial charge in [-0.1, -0.05) is 42.5 Å². The molecule has 2 N–H and O–H groups in total. The molecule has 26 heavy (non-hydrogen) atoms. The minimum absolute atomic E-state index is 0.179. The van der Waals surface area contributed by atoms with Crippen LogP contribution in [0.2, 0.25) is 0 Å². The lowest BCUT2D eigenvalue weighted by Gasteiger charge is -2.44. The third-order valence-corrected chi connectivity index (χ3v) is 4.54. The Morgan fingerprint density at radius 3 is 2.15 bits per heavy atom. The first-order chi connectivity index (χ1) is 12.4. The van der Waals surface area contributed by atoms with Gasteiger partial charge in [0.25, 0.3) is 0 Å². The van der Waals surface area contributed by atoms with Crippen molar-refractivity contribution in [2.45, 2.75) is 18.3 Å². The third kappa shape index (κ3) is 3.94. The molecule has 0 saturated carbocycles. The number of alkyl halides is 3. The van der Waals surface area contributed by atoms with Crippen LogP contribution in [0, 0.1) is 0 Å². The average Bonchev–Trinajstić information content (AvgIpc) is 2.63. The van der Waals surface area contributed by atoms with Crippen LogP contribution in [0.3, 0.4) is 0 Å². The zero-order valence-corrected chi connectivity index (χ0v) is 14.1. The Bertz CT molecular complexity index is 724. The lowest BCUT2D eigenvalue weighted by molar-refractivity contribution is -0.119. The van der Waals surface area contributed by atoms with Crippen molar-refractivity contribution < 1.29 is 23.4 Å². The summed E-state index contributed by atoms with van der Waals surface area (Å²) in [5, 5.41) is 19.9. The quantitative estimate of drug-likeness (QED) is 0.854. The molecule has 0 saturated heterocycles. The first-order valence-electron chi connectivity index (χ1n) is 8.42. The van der Waals surface area contributed by atoms with Gasteiger partial charge in [0.15, 0.2) is 0 Å². The van der Waals surface area contributed by atoms with Gasteiger partial charge in [-0.3, -0.25) is 0 Å². The molecule has 0 bridgehead atoms. The number of benzene rings is 2. The number of fused-ring (bicyclic) bond motifs is 1. The Labute approximate surface area is 150 Å². The van der Waals surface area contributed by atoms with Crippen LogP contribution in [0.1, 0.15) is 11.6 Å². The van der Waals surface area contributed by atoms with E-state index in [0.29, 0.717) is 17.9 Å². The summed E-state index contributed by atoms with van der Waals surface area (Å²) in [6.45, 7) is -0.970. The molecular formula is C19H21F3N2O2. The van der Waals surface area contributed by atoms with Crippen LogP contribution in [-0.2, 0) is 0 Å². The highest BCUT2D eigenvalue weighted by molar-refractivity contribution is 5.74. The average molecular weight is 366 g/mol. The molecule has 7 heteroatoms. The highest BCUT2D eigenvalue weighted by Gasteiger charge is 2.37. The smallest absolute Gasteiger partial charge is 0.394 e. The Morgan fingerprint density at radius 1 is 0.923 bits per heavy atom. The van der Waals surface area contributed by atoms with Crippen LogP contribution in [0.5, 0.6) is 0 Å². The van der Waals surface area contributed by atoms with Crippen molar-refractivity contribution >= 4 is 11.4 Å². The minimum atomic E-state index is -4.29. The maximum absolute atomic E-state index is 12.9. The molecule has 2 aromatic carbocycles. The number of hydrogen-bond donors (Lipinski definition) is 2. The van der Waals surface area contributed by atoms with E-state index in [1.54, 1.807) is 24.3 Å². The second kappa shape index (κ2) is 7.55. The van der Waals surface area contributed by atoms with Gasteiger partial charge in [0.05, 0.1) is 24.0 Å². The molecule has 2 unspecified atom stereocenters. The second-order valence-corrected chi connectivity index (χ2v) is 6.32. The molecule has 3 rings (SSSR count). The predicted octanol–water partition coefficient (Wildman–Crippen LogP) is 2.97. The topological polar surface area (TPSA) is 46.9 Å². The molecule has 2 atom stereocenters. The number of aliphatic hydroxyl groups is 2. The zero-order chi connectivity index (χ0) is 18.7. The summed E-state index contributed by atoms with van der Waals surface area (Å²) in [5.74, 6) is 0. The van der Waals surface area contributed by atoms with Gasteiger partial charge in [-0.05, 0) is 17.7 Å². The van der Waals surface area contributed by atoms with Gasteiger partial charge >= 0.3 is 6.18 Å². The summed E-state index contributed by atoms with van der Waals surface area (Å²) in [6.07, 6.45) is -5.35. The van der Waals surface area contributed by atoms with E-state index < -0.39 is 31.5 Å². The molecule has 0 radical (unpaired) electrons. The summed E-state index contributed by atoms with van der Waals surface area (Å²) in [7, 11) is 0. The van der Waals surface area contributed by atoms with Crippen molar-refractivity contribution in [1.82, 2.24) is 0 Å². The predicted molar refractivity (Wildman–Crippen MR) is 94.3 cm³/mol. The van der Waals surface area contributed by atoms with Gasteiger partial charge in [0.1, 0.15) is 12.6 Å². The van der Waals surface area contributed by atoms with Crippen LogP contribution in [-0.4, -0.2) is 48.7 Å². The lowest BCUT2D eigenvalue weighted by atomic mass is 9.97. The standard InChI is InChI=1S/C19H21F3N2O2/c20-19(21,22)13-23-10-11-24(16-9-5-4-8-15(16)23)18(17(26)12-25)14-6-2-1-3-7-14/h1-9,17-18,25-26H,10-13H2. The summed E-state index contributed by atoms with van der Waals surface area (Å²) in [6, 6.07) is 15.5. The third-order valence-electron chi connectivity index (χ3n) is 4.54. The summed E-state index contributed by atoms with van der Waals surface area (Å²) in [5.41, 5.74) is 1.89. The molecule has 0 aromatic heterocycles. The number of anilines is 2. The zero-order valence-electron chi connectivity index (χ0n) is 14.1. The SMILES string of the molecule is OCC(O)C(c1ccccc1)N1CCN(CC(F)(F)F)c2ccccc21. The largest absolute Gasteiger partial charge is 0.405 e. The monoisotopic (exact) mass is 366 g/mol. The molecular weight excluding hydrogens is 345 g/mol. The number of nitrogens with zero attached hydrogens (tertiary/aromatic N) is 2. The van der Waals surface area contributed by atoms with Gasteiger partial charge in [-0.2, -0.15) is 13.2 Å². The number of para-hydroxylation sites is 2. The molecule has 140 valence electrons. The van der Waals surface area contributed by atoms with E-state index in [4.69, 9.17) is 0 Å². The fourth-order valence-corrected chi connectivity index (χ4v) is 3.47.